The number of nitrogens with one attached hydrogen (secondary N) is 1. The van der Waals surface area contributed by atoms with Crippen molar-refractivity contribution in [3.8, 4) is 0 Å². The second kappa shape index (κ2) is 6.33. The van der Waals surface area contributed by atoms with Gasteiger partial charge in [0.1, 0.15) is 0 Å². The van der Waals surface area contributed by atoms with Gasteiger partial charge in [0.25, 0.3) is 0 Å². The summed E-state index contributed by atoms with van der Waals surface area (Å²) in [4.78, 5) is 2.68. The molecule has 2 saturated heterocycles. The summed E-state index contributed by atoms with van der Waals surface area (Å²) in [6.07, 6.45) is 1.44. The quantitative estimate of drug-likeness (QED) is 0.805. The lowest BCUT2D eigenvalue weighted by molar-refractivity contribution is 0.122. The van der Waals surface area contributed by atoms with Crippen molar-refractivity contribution >= 4 is 24.2 Å². The van der Waals surface area contributed by atoms with Crippen LogP contribution >= 0.6 is 24.2 Å². The molecule has 15 heavy (non-hydrogen) atoms. The maximum absolute atomic E-state index is 3.54. The molecule has 0 aliphatic carbocycles. The Bertz CT molecular complexity index is 185. The van der Waals surface area contributed by atoms with Crippen LogP contribution in [0.2, 0.25) is 0 Å². The molecule has 0 aromatic rings. The molecule has 1 N–H and O–H groups in total. The van der Waals surface area contributed by atoms with E-state index in [0.717, 1.165) is 5.92 Å². The summed E-state index contributed by atoms with van der Waals surface area (Å²) >= 11 is 2.13. The number of piperazine rings is 1. The van der Waals surface area contributed by atoms with Crippen molar-refractivity contribution in [1.82, 2.24) is 10.2 Å². The molecule has 0 saturated carbocycles. The van der Waals surface area contributed by atoms with Gasteiger partial charge in [0.2, 0.25) is 0 Å². The van der Waals surface area contributed by atoms with E-state index < -0.39 is 0 Å². The van der Waals surface area contributed by atoms with Crippen LogP contribution in [-0.2, 0) is 0 Å². The van der Waals surface area contributed by atoms with E-state index in [9.17, 15) is 0 Å². The highest BCUT2D eigenvalue weighted by Crippen LogP contribution is 2.25. The van der Waals surface area contributed by atoms with Crippen molar-refractivity contribution in [1.29, 1.82) is 0 Å². The fourth-order valence-corrected chi connectivity index (χ4v) is 3.71. The Morgan fingerprint density at radius 3 is 2.87 bits per heavy atom. The molecule has 0 amide bonds. The molecule has 90 valence electrons. The van der Waals surface area contributed by atoms with Crippen LogP contribution < -0.4 is 5.32 Å². The summed E-state index contributed by atoms with van der Waals surface area (Å²) in [6, 6.07) is 1.38. The van der Waals surface area contributed by atoms with Crippen LogP contribution in [0.5, 0.6) is 0 Å². The number of rotatable bonds is 2. The van der Waals surface area contributed by atoms with Gasteiger partial charge in [0.05, 0.1) is 0 Å². The van der Waals surface area contributed by atoms with Gasteiger partial charge >= 0.3 is 0 Å². The molecule has 2 nitrogen and oxygen atoms in total. The minimum atomic E-state index is 0. The zero-order valence-electron chi connectivity index (χ0n) is 9.74. The lowest BCUT2D eigenvalue weighted by Gasteiger charge is -2.39. The van der Waals surface area contributed by atoms with Gasteiger partial charge in [-0.2, -0.15) is 11.8 Å². The Balaban J connectivity index is 0.00000112. The zero-order valence-corrected chi connectivity index (χ0v) is 11.4. The van der Waals surface area contributed by atoms with E-state index in [0.29, 0.717) is 12.1 Å². The SMILES string of the molecule is CC1NCCN(CC2CCSC2)C1C.Cl. The largest absolute Gasteiger partial charge is 0.311 e. The smallest absolute Gasteiger partial charge is 0.0219 e. The van der Waals surface area contributed by atoms with Gasteiger partial charge in [-0.15, -0.1) is 12.4 Å². The summed E-state index contributed by atoms with van der Waals surface area (Å²) in [5, 5.41) is 3.54. The van der Waals surface area contributed by atoms with E-state index >= 15 is 0 Å². The van der Waals surface area contributed by atoms with Crippen molar-refractivity contribution in [2.45, 2.75) is 32.4 Å². The van der Waals surface area contributed by atoms with Gasteiger partial charge in [-0.25, -0.2) is 0 Å². The normalized spacial score (nSPS) is 37.6. The molecule has 4 heteroatoms. The molecular weight excluding hydrogens is 228 g/mol. The van der Waals surface area contributed by atoms with Gasteiger partial charge in [-0.1, -0.05) is 0 Å². The standard InChI is InChI=1S/C11H22N2S.ClH/c1-9-10(2)13(5-4-12-9)7-11-3-6-14-8-11;/h9-12H,3-8H2,1-2H3;1H. The average Bonchev–Trinajstić information content (AvgIpc) is 2.66. The Kier molecular flexibility index (Phi) is 5.75. The number of halogens is 1. The monoisotopic (exact) mass is 250 g/mol. The summed E-state index contributed by atoms with van der Waals surface area (Å²) in [7, 11) is 0. The first-order valence-electron chi connectivity index (χ1n) is 5.82. The number of nitrogens with zero attached hydrogens (tertiary/aromatic N) is 1. The van der Waals surface area contributed by atoms with E-state index in [1.807, 2.05) is 0 Å². The summed E-state index contributed by atoms with van der Waals surface area (Å²) < 4.78 is 0. The van der Waals surface area contributed by atoms with Crippen LogP contribution in [0.15, 0.2) is 0 Å². The first-order chi connectivity index (χ1) is 6.77. The number of hydrogen-bond donors (Lipinski definition) is 1. The van der Waals surface area contributed by atoms with Crippen LogP contribution in [0, 0.1) is 5.92 Å². The maximum atomic E-state index is 3.54. The first-order valence-corrected chi connectivity index (χ1v) is 6.98. The third-order valence-corrected chi connectivity index (χ3v) is 4.91. The van der Waals surface area contributed by atoms with Crippen LogP contribution in [0.3, 0.4) is 0 Å². The molecule has 2 aliphatic heterocycles. The second-order valence-corrected chi connectivity index (χ2v) is 5.86. The van der Waals surface area contributed by atoms with Crippen molar-refractivity contribution in [2.75, 3.05) is 31.1 Å². The van der Waals surface area contributed by atoms with Gasteiger partial charge in [0, 0.05) is 31.7 Å². The molecule has 3 unspecified atom stereocenters. The summed E-state index contributed by atoms with van der Waals surface area (Å²) in [6.45, 7) is 8.41. The third-order valence-electron chi connectivity index (χ3n) is 3.68. The Morgan fingerprint density at radius 2 is 2.20 bits per heavy atom. The molecule has 0 spiro atoms. The molecule has 2 fully saturated rings. The first kappa shape index (κ1) is 13.6. The lowest BCUT2D eigenvalue weighted by Crippen LogP contribution is -2.56. The molecule has 0 aromatic carbocycles. The van der Waals surface area contributed by atoms with E-state index in [4.69, 9.17) is 0 Å². The van der Waals surface area contributed by atoms with Crippen molar-refractivity contribution in [3.05, 3.63) is 0 Å². The topological polar surface area (TPSA) is 15.3 Å². The molecular formula is C11H23ClN2S. The van der Waals surface area contributed by atoms with Gasteiger partial charge in [0.15, 0.2) is 0 Å². The third kappa shape index (κ3) is 3.52. The highest BCUT2D eigenvalue weighted by molar-refractivity contribution is 7.99. The van der Waals surface area contributed by atoms with Gasteiger partial charge < -0.3 is 5.32 Å². The molecule has 2 aliphatic rings. The van der Waals surface area contributed by atoms with E-state index in [1.54, 1.807) is 0 Å². The minimum Gasteiger partial charge on any atom is -0.311 e. The van der Waals surface area contributed by atoms with Gasteiger partial charge in [-0.3, -0.25) is 4.90 Å². The Morgan fingerprint density at radius 1 is 1.40 bits per heavy atom. The fourth-order valence-electron chi connectivity index (χ4n) is 2.44. The number of thioether (sulfide) groups is 1. The summed E-state index contributed by atoms with van der Waals surface area (Å²) in [5.41, 5.74) is 0. The Hall–Kier alpha value is 0.560. The average molecular weight is 251 g/mol. The van der Waals surface area contributed by atoms with Crippen molar-refractivity contribution in [2.24, 2.45) is 5.92 Å². The minimum absolute atomic E-state index is 0. The van der Waals surface area contributed by atoms with Crippen molar-refractivity contribution < 1.29 is 0 Å². The molecule has 2 rings (SSSR count). The maximum Gasteiger partial charge on any atom is 0.0219 e. The molecule has 2 heterocycles. The molecule has 0 radical (unpaired) electrons. The Labute approximate surface area is 104 Å². The van der Waals surface area contributed by atoms with Crippen LogP contribution in [0.4, 0.5) is 0 Å². The number of hydrogen-bond acceptors (Lipinski definition) is 3. The second-order valence-electron chi connectivity index (χ2n) is 4.71. The van der Waals surface area contributed by atoms with Crippen LogP contribution in [0.1, 0.15) is 20.3 Å². The molecule has 0 aromatic heterocycles. The lowest BCUT2D eigenvalue weighted by atomic mass is 10.0. The predicted molar refractivity (Wildman–Crippen MR) is 71.2 cm³/mol. The highest BCUT2D eigenvalue weighted by atomic mass is 35.5. The fraction of sp³-hybridized carbons (Fsp3) is 1.00. The van der Waals surface area contributed by atoms with E-state index in [-0.39, 0.29) is 12.4 Å². The van der Waals surface area contributed by atoms with Crippen LogP contribution in [-0.4, -0.2) is 48.1 Å². The summed E-state index contributed by atoms with van der Waals surface area (Å²) in [5.74, 6) is 3.75. The van der Waals surface area contributed by atoms with E-state index in [1.165, 1.54) is 37.6 Å². The van der Waals surface area contributed by atoms with Gasteiger partial charge in [-0.05, 0) is 37.7 Å². The predicted octanol–water partition coefficient (Wildman–Crippen LogP) is 1.84. The molecule has 0 bridgehead atoms. The molecule has 3 atom stereocenters. The van der Waals surface area contributed by atoms with Crippen LogP contribution in [0.25, 0.3) is 0 Å². The highest BCUT2D eigenvalue weighted by Gasteiger charge is 2.27. The zero-order chi connectivity index (χ0) is 9.97. The van der Waals surface area contributed by atoms with E-state index in [2.05, 4.69) is 35.8 Å². The van der Waals surface area contributed by atoms with Crippen molar-refractivity contribution in [3.63, 3.8) is 0 Å².